The maximum atomic E-state index is 5.18. The van der Waals surface area contributed by atoms with Gasteiger partial charge in [-0.2, -0.15) is 0 Å². The summed E-state index contributed by atoms with van der Waals surface area (Å²) >= 11 is 0. The number of hydrogen-bond donors (Lipinski definition) is 0. The quantitative estimate of drug-likeness (QED) is 0.785. The van der Waals surface area contributed by atoms with Crippen LogP contribution in [-0.2, 0) is 0 Å². The standard InChI is InChI=1S/C14H16N2O/c1-2-4-11(5-3-1)12-6-8-13(9-7-12)14-16-15-10-17-14/h6-11H,1-5H2. The van der Waals surface area contributed by atoms with Gasteiger partial charge >= 0.3 is 0 Å². The zero-order valence-corrected chi connectivity index (χ0v) is 9.80. The SMILES string of the molecule is c1nnc(-c2ccc(C3CCCCC3)cc2)o1. The Labute approximate surface area is 101 Å². The Kier molecular flexibility index (Phi) is 2.90. The molecule has 3 heteroatoms. The lowest BCUT2D eigenvalue weighted by atomic mass is 9.84. The average Bonchev–Trinajstić information content (AvgIpc) is 2.94. The normalized spacial score (nSPS) is 17.2. The molecule has 0 unspecified atom stereocenters. The van der Waals surface area contributed by atoms with E-state index in [4.69, 9.17) is 4.42 Å². The largest absolute Gasteiger partial charge is 0.423 e. The molecule has 88 valence electrons. The van der Waals surface area contributed by atoms with Crippen molar-refractivity contribution in [2.45, 2.75) is 38.0 Å². The third kappa shape index (κ3) is 2.23. The first-order valence-electron chi connectivity index (χ1n) is 6.30. The Balaban J connectivity index is 1.80. The molecule has 0 atom stereocenters. The highest BCUT2D eigenvalue weighted by Crippen LogP contribution is 2.33. The molecule has 0 aliphatic heterocycles. The molecule has 2 aromatic rings. The van der Waals surface area contributed by atoms with Crippen molar-refractivity contribution in [3.63, 3.8) is 0 Å². The smallest absolute Gasteiger partial charge is 0.247 e. The molecule has 17 heavy (non-hydrogen) atoms. The third-order valence-corrected chi connectivity index (χ3v) is 3.59. The third-order valence-electron chi connectivity index (χ3n) is 3.59. The van der Waals surface area contributed by atoms with E-state index in [-0.39, 0.29) is 0 Å². The van der Waals surface area contributed by atoms with Gasteiger partial charge < -0.3 is 4.42 Å². The van der Waals surface area contributed by atoms with Crippen molar-refractivity contribution in [2.24, 2.45) is 0 Å². The molecular formula is C14H16N2O. The summed E-state index contributed by atoms with van der Waals surface area (Å²) in [4.78, 5) is 0. The summed E-state index contributed by atoms with van der Waals surface area (Å²) in [6.07, 6.45) is 8.17. The molecule has 3 rings (SSSR count). The Hall–Kier alpha value is -1.64. The predicted molar refractivity (Wildman–Crippen MR) is 65.6 cm³/mol. The summed E-state index contributed by atoms with van der Waals surface area (Å²) in [6, 6.07) is 8.57. The molecule has 0 N–H and O–H groups in total. The second-order valence-electron chi connectivity index (χ2n) is 4.70. The van der Waals surface area contributed by atoms with Crippen LogP contribution in [0.15, 0.2) is 35.1 Å². The number of nitrogens with zero attached hydrogens (tertiary/aromatic N) is 2. The van der Waals surface area contributed by atoms with Crippen LogP contribution in [-0.4, -0.2) is 10.2 Å². The molecule has 0 amide bonds. The van der Waals surface area contributed by atoms with E-state index in [2.05, 4.69) is 34.5 Å². The van der Waals surface area contributed by atoms with E-state index in [0.717, 1.165) is 11.5 Å². The summed E-state index contributed by atoms with van der Waals surface area (Å²) in [6.45, 7) is 0. The maximum Gasteiger partial charge on any atom is 0.247 e. The number of hydrogen-bond acceptors (Lipinski definition) is 3. The van der Waals surface area contributed by atoms with E-state index in [1.54, 1.807) is 0 Å². The van der Waals surface area contributed by atoms with E-state index in [0.29, 0.717) is 5.89 Å². The predicted octanol–water partition coefficient (Wildman–Crippen LogP) is 3.78. The van der Waals surface area contributed by atoms with E-state index in [9.17, 15) is 0 Å². The van der Waals surface area contributed by atoms with Gasteiger partial charge in [0.25, 0.3) is 0 Å². The summed E-state index contributed by atoms with van der Waals surface area (Å²) in [7, 11) is 0. The second-order valence-corrected chi connectivity index (χ2v) is 4.70. The minimum Gasteiger partial charge on any atom is -0.423 e. The van der Waals surface area contributed by atoms with Gasteiger partial charge in [-0.25, -0.2) is 0 Å². The lowest BCUT2D eigenvalue weighted by Crippen LogP contribution is -2.04. The molecule has 1 aromatic heterocycles. The van der Waals surface area contributed by atoms with E-state index < -0.39 is 0 Å². The zero-order valence-electron chi connectivity index (χ0n) is 9.80. The summed E-state index contributed by atoms with van der Waals surface area (Å²) in [5.41, 5.74) is 2.45. The van der Waals surface area contributed by atoms with Crippen LogP contribution in [0.1, 0.15) is 43.6 Å². The van der Waals surface area contributed by atoms with Gasteiger partial charge in [0.1, 0.15) is 0 Å². The molecule has 1 fully saturated rings. The fraction of sp³-hybridized carbons (Fsp3) is 0.429. The molecule has 1 heterocycles. The molecule has 0 spiro atoms. The number of rotatable bonds is 2. The van der Waals surface area contributed by atoms with Crippen molar-refractivity contribution in [3.05, 3.63) is 36.2 Å². The van der Waals surface area contributed by atoms with Gasteiger partial charge in [-0.3, -0.25) is 0 Å². The summed E-state index contributed by atoms with van der Waals surface area (Å²) in [5, 5.41) is 7.61. The van der Waals surface area contributed by atoms with Gasteiger partial charge in [0.05, 0.1) is 0 Å². The van der Waals surface area contributed by atoms with Crippen molar-refractivity contribution in [2.75, 3.05) is 0 Å². The monoisotopic (exact) mass is 228 g/mol. The second kappa shape index (κ2) is 4.70. The van der Waals surface area contributed by atoms with Crippen LogP contribution in [0.25, 0.3) is 11.5 Å². The lowest BCUT2D eigenvalue weighted by Gasteiger charge is -2.21. The van der Waals surface area contributed by atoms with Crippen LogP contribution in [0.2, 0.25) is 0 Å². The number of aromatic nitrogens is 2. The minimum absolute atomic E-state index is 0.597. The van der Waals surface area contributed by atoms with Gasteiger partial charge in [-0.15, -0.1) is 10.2 Å². The van der Waals surface area contributed by atoms with Gasteiger partial charge in [-0.05, 0) is 36.5 Å². The average molecular weight is 228 g/mol. The van der Waals surface area contributed by atoms with Crippen LogP contribution >= 0.6 is 0 Å². The Morgan fingerprint density at radius 2 is 1.76 bits per heavy atom. The van der Waals surface area contributed by atoms with Crippen LogP contribution in [0.3, 0.4) is 0 Å². The van der Waals surface area contributed by atoms with Crippen LogP contribution in [0.4, 0.5) is 0 Å². The molecule has 1 aromatic carbocycles. The van der Waals surface area contributed by atoms with Crippen molar-refractivity contribution in [1.82, 2.24) is 10.2 Å². The first-order valence-corrected chi connectivity index (χ1v) is 6.30. The van der Waals surface area contributed by atoms with Crippen molar-refractivity contribution in [3.8, 4) is 11.5 Å². The Morgan fingerprint density at radius 1 is 1.00 bits per heavy atom. The van der Waals surface area contributed by atoms with Gasteiger partial charge in [0.15, 0.2) is 0 Å². The van der Waals surface area contributed by atoms with E-state index >= 15 is 0 Å². The molecule has 0 bridgehead atoms. The van der Waals surface area contributed by atoms with Gasteiger partial charge in [-0.1, -0.05) is 31.4 Å². The van der Waals surface area contributed by atoms with Crippen LogP contribution in [0, 0.1) is 0 Å². The van der Waals surface area contributed by atoms with Crippen molar-refractivity contribution < 1.29 is 4.42 Å². The zero-order chi connectivity index (χ0) is 11.5. The lowest BCUT2D eigenvalue weighted by molar-refractivity contribution is 0.443. The molecule has 0 saturated heterocycles. The first kappa shape index (κ1) is 10.5. The van der Waals surface area contributed by atoms with Gasteiger partial charge in [0.2, 0.25) is 12.3 Å². The highest BCUT2D eigenvalue weighted by molar-refractivity contribution is 5.53. The van der Waals surface area contributed by atoms with Crippen LogP contribution in [0.5, 0.6) is 0 Å². The Morgan fingerprint density at radius 3 is 2.41 bits per heavy atom. The molecule has 1 aliphatic carbocycles. The van der Waals surface area contributed by atoms with E-state index in [1.165, 1.54) is 44.1 Å². The summed E-state index contributed by atoms with van der Waals surface area (Å²) in [5.74, 6) is 1.35. The molecule has 3 nitrogen and oxygen atoms in total. The summed E-state index contributed by atoms with van der Waals surface area (Å²) < 4.78 is 5.18. The minimum atomic E-state index is 0.597. The molecule has 1 saturated carbocycles. The number of benzene rings is 1. The van der Waals surface area contributed by atoms with Gasteiger partial charge in [0, 0.05) is 5.56 Å². The molecular weight excluding hydrogens is 212 g/mol. The van der Waals surface area contributed by atoms with E-state index in [1.807, 2.05) is 0 Å². The fourth-order valence-electron chi connectivity index (χ4n) is 2.63. The molecule has 0 radical (unpaired) electrons. The molecule has 1 aliphatic rings. The highest BCUT2D eigenvalue weighted by Gasteiger charge is 2.15. The first-order chi connectivity index (χ1) is 8.43. The van der Waals surface area contributed by atoms with Crippen molar-refractivity contribution in [1.29, 1.82) is 0 Å². The topological polar surface area (TPSA) is 38.9 Å². The Bertz CT molecular complexity index is 455. The highest BCUT2D eigenvalue weighted by atomic mass is 16.4. The fourth-order valence-corrected chi connectivity index (χ4v) is 2.63. The van der Waals surface area contributed by atoms with Crippen molar-refractivity contribution >= 4 is 0 Å². The maximum absolute atomic E-state index is 5.18. The van der Waals surface area contributed by atoms with Crippen LogP contribution < -0.4 is 0 Å².